The van der Waals surface area contributed by atoms with E-state index in [0.717, 1.165) is 35.3 Å². The molecule has 0 aliphatic carbocycles. The van der Waals surface area contributed by atoms with Crippen LogP contribution in [0.4, 0.5) is 25.3 Å². The second-order valence-electron chi connectivity index (χ2n) is 6.40. The summed E-state index contributed by atoms with van der Waals surface area (Å²) in [5, 5.41) is 14.9. The maximum absolute atomic E-state index is 12.5. The number of carbonyl (C=O) groups excluding carboxylic acids is 1. The minimum Gasteiger partial charge on any atom is -0.330 e. The maximum atomic E-state index is 12.5. The Morgan fingerprint density at radius 2 is 1.74 bits per heavy atom. The minimum absolute atomic E-state index is 0.0857. The summed E-state index contributed by atoms with van der Waals surface area (Å²) in [6.07, 6.45) is 1.70. The largest absolute Gasteiger partial charge is 0.330 e. The fraction of sp³-hybridized carbons (Fsp3) is 0.286. The number of benzene rings is 2. The lowest BCUT2D eigenvalue weighted by molar-refractivity contribution is -0.113. The quantitative estimate of drug-likeness (QED) is 0.325. The zero-order valence-corrected chi connectivity index (χ0v) is 19.5. The van der Waals surface area contributed by atoms with Gasteiger partial charge in [-0.15, -0.1) is 10.2 Å². The zero-order valence-electron chi connectivity index (χ0n) is 17.0. The topological polar surface area (TPSA) is 66.9 Å². The molecule has 2 aromatic carbocycles. The maximum Gasteiger partial charge on any atom is 0.288 e. The van der Waals surface area contributed by atoms with E-state index in [-0.39, 0.29) is 11.7 Å². The Kier molecular flexibility index (Phi) is 8.68. The molecule has 0 saturated heterocycles. The van der Waals surface area contributed by atoms with Gasteiger partial charge < -0.3 is 10.6 Å². The van der Waals surface area contributed by atoms with Crippen LogP contribution in [0, 0.1) is 0 Å². The van der Waals surface area contributed by atoms with Crippen molar-refractivity contribution in [3.8, 4) is 0 Å². The van der Waals surface area contributed by atoms with Gasteiger partial charge in [-0.25, -0.2) is 0 Å². The average molecular weight is 481 g/mol. The second kappa shape index (κ2) is 11.4. The highest BCUT2D eigenvalue weighted by atomic mass is 32.2. The number of thioether (sulfide) groups is 2. The van der Waals surface area contributed by atoms with Gasteiger partial charge in [0.15, 0.2) is 4.34 Å². The molecule has 0 unspecified atom stereocenters. The number of nitrogens with one attached hydrogen (secondary N) is 2. The van der Waals surface area contributed by atoms with E-state index >= 15 is 0 Å². The van der Waals surface area contributed by atoms with Crippen molar-refractivity contribution < 1.29 is 13.6 Å². The number of alkyl halides is 2. The minimum atomic E-state index is -2.44. The van der Waals surface area contributed by atoms with Crippen molar-refractivity contribution in [2.75, 3.05) is 16.4 Å². The first kappa shape index (κ1) is 23.5. The van der Waals surface area contributed by atoms with Crippen molar-refractivity contribution in [2.45, 2.75) is 41.7 Å². The van der Waals surface area contributed by atoms with Crippen LogP contribution in [0.2, 0.25) is 0 Å². The van der Waals surface area contributed by atoms with E-state index < -0.39 is 5.76 Å². The van der Waals surface area contributed by atoms with Crippen molar-refractivity contribution in [3.05, 3.63) is 53.6 Å². The smallest absolute Gasteiger partial charge is 0.288 e. The molecule has 164 valence electrons. The highest BCUT2D eigenvalue weighted by Crippen LogP contribution is 2.30. The summed E-state index contributed by atoms with van der Waals surface area (Å²) < 4.78 is 25.5. The molecule has 0 radical (unpaired) electrons. The van der Waals surface area contributed by atoms with Crippen LogP contribution in [-0.2, 0) is 17.6 Å². The normalized spacial score (nSPS) is 11.0. The van der Waals surface area contributed by atoms with Crippen molar-refractivity contribution in [3.63, 3.8) is 0 Å². The molecule has 5 nitrogen and oxygen atoms in total. The van der Waals surface area contributed by atoms with Gasteiger partial charge in [-0.2, -0.15) is 8.78 Å². The SMILES string of the molecule is CCc1cccc(CC)c1NC(=O)CSc1nnc(Nc2ccc(SC(F)F)cc2)s1. The van der Waals surface area contributed by atoms with Crippen LogP contribution < -0.4 is 10.6 Å². The highest BCUT2D eigenvalue weighted by molar-refractivity contribution is 8.01. The molecule has 0 atom stereocenters. The number of amides is 1. The Morgan fingerprint density at radius 1 is 1.06 bits per heavy atom. The fourth-order valence-electron chi connectivity index (χ4n) is 2.87. The lowest BCUT2D eigenvalue weighted by Crippen LogP contribution is -2.16. The number of aromatic nitrogens is 2. The van der Waals surface area contributed by atoms with E-state index in [1.807, 2.05) is 18.2 Å². The molecule has 0 aliphatic heterocycles. The summed E-state index contributed by atoms with van der Waals surface area (Å²) in [5.41, 5.74) is 3.88. The Balaban J connectivity index is 1.54. The molecule has 0 saturated carbocycles. The van der Waals surface area contributed by atoms with Gasteiger partial charge in [0, 0.05) is 16.3 Å². The summed E-state index contributed by atoms with van der Waals surface area (Å²) >= 11 is 3.16. The molecule has 1 heterocycles. The third kappa shape index (κ3) is 6.91. The lowest BCUT2D eigenvalue weighted by atomic mass is 10.0. The third-order valence-electron chi connectivity index (χ3n) is 4.33. The van der Waals surface area contributed by atoms with Gasteiger partial charge in [-0.1, -0.05) is 66.9 Å². The first-order valence-electron chi connectivity index (χ1n) is 9.67. The number of anilines is 3. The van der Waals surface area contributed by atoms with E-state index in [2.05, 4.69) is 34.7 Å². The average Bonchev–Trinajstić information content (AvgIpc) is 3.20. The number of hydrogen-bond acceptors (Lipinski definition) is 7. The Labute approximate surface area is 192 Å². The van der Waals surface area contributed by atoms with Crippen LogP contribution in [0.1, 0.15) is 25.0 Å². The van der Waals surface area contributed by atoms with Crippen molar-refractivity contribution >= 4 is 57.3 Å². The van der Waals surface area contributed by atoms with Gasteiger partial charge in [0.1, 0.15) is 0 Å². The summed E-state index contributed by atoms with van der Waals surface area (Å²) in [5.74, 6) is -2.30. The van der Waals surface area contributed by atoms with Gasteiger partial charge in [0.05, 0.1) is 5.75 Å². The molecule has 0 aliphatic rings. The summed E-state index contributed by atoms with van der Waals surface area (Å²) in [4.78, 5) is 13.0. The van der Waals surface area contributed by atoms with Crippen LogP contribution >= 0.6 is 34.9 Å². The van der Waals surface area contributed by atoms with Crippen LogP contribution in [0.15, 0.2) is 51.7 Å². The summed E-state index contributed by atoms with van der Waals surface area (Å²) in [6, 6.07) is 12.7. The number of aryl methyl sites for hydroxylation is 2. The third-order valence-corrected chi connectivity index (χ3v) is 7.02. The molecule has 1 amide bonds. The van der Waals surface area contributed by atoms with Crippen LogP contribution in [0.25, 0.3) is 0 Å². The van der Waals surface area contributed by atoms with Crippen molar-refractivity contribution in [1.82, 2.24) is 10.2 Å². The molecule has 2 N–H and O–H groups in total. The molecule has 3 aromatic rings. The monoisotopic (exact) mass is 480 g/mol. The molecule has 1 aromatic heterocycles. The molecule has 3 rings (SSSR count). The molecular weight excluding hydrogens is 458 g/mol. The zero-order chi connectivity index (χ0) is 22.2. The number of rotatable bonds is 10. The van der Waals surface area contributed by atoms with E-state index in [0.29, 0.717) is 26.1 Å². The Morgan fingerprint density at radius 3 is 2.35 bits per heavy atom. The van der Waals surface area contributed by atoms with E-state index in [9.17, 15) is 13.6 Å². The predicted molar refractivity (Wildman–Crippen MR) is 126 cm³/mol. The number of para-hydroxylation sites is 1. The first-order chi connectivity index (χ1) is 15.0. The Bertz CT molecular complexity index is 990. The van der Waals surface area contributed by atoms with Gasteiger partial charge >= 0.3 is 0 Å². The fourth-order valence-corrected chi connectivity index (χ4v) is 4.94. The predicted octanol–water partition coefficient (Wildman–Crippen LogP) is 6.45. The molecule has 0 spiro atoms. The van der Waals surface area contributed by atoms with Crippen LogP contribution in [-0.4, -0.2) is 27.6 Å². The van der Waals surface area contributed by atoms with Crippen LogP contribution in [0.3, 0.4) is 0 Å². The van der Waals surface area contributed by atoms with Gasteiger partial charge in [-0.05, 0) is 48.2 Å². The summed E-state index contributed by atoms with van der Waals surface area (Å²) in [7, 11) is 0. The Hall–Kier alpha value is -2.17. The lowest BCUT2D eigenvalue weighted by Gasteiger charge is -2.14. The van der Waals surface area contributed by atoms with Crippen molar-refractivity contribution in [1.29, 1.82) is 0 Å². The number of carbonyl (C=O) groups is 1. The molecule has 31 heavy (non-hydrogen) atoms. The van der Waals surface area contributed by atoms with E-state index in [1.165, 1.54) is 23.1 Å². The molecule has 10 heteroatoms. The highest BCUT2D eigenvalue weighted by Gasteiger charge is 2.12. The number of hydrogen-bond donors (Lipinski definition) is 2. The molecule has 0 fully saturated rings. The molecule has 0 bridgehead atoms. The first-order valence-corrected chi connectivity index (χ1v) is 12.4. The second-order valence-corrected chi connectivity index (χ2v) is 9.66. The standard InChI is InChI=1S/C21H22F2N4OS3/c1-3-13-6-5-7-14(4-2)18(13)25-17(28)12-29-21-27-26-20(31-21)24-15-8-10-16(11-9-15)30-19(22)23/h5-11,19H,3-4,12H2,1-2H3,(H,24,26)(H,25,28). The van der Waals surface area contributed by atoms with Gasteiger partial charge in [0.25, 0.3) is 5.76 Å². The van der Waals surface area contributed by atoms with E-state index in [4.69, 9.17) is 0 Å². The van der Waals surface area contributed by atoms with E-state index in [1.54, 1.807) is 24.3 Å². The summed E-state index contributed by atoms with van der Waals surface area (Å²) in [6.45, 7) is 4.14. The van der Waals surface area contributed by atoms with Crippen molar-refractivity contribution in [2.24, 2.45) is 0 Å². The van der Waals surface area contributed by atoms with Gasteiger partial charge in [0.2, 0.25) is 11.0 Å². The molecular formula is C21H22F2N4OS3. The van der Waals surface area contributed by atoms with Gasteiger partial charge in [-0.3, -0.25) is 4.79 Å². The number of nitrogens with zero attached hydrogens (tertiary/aromatic N) is 2. The van der Waals surface area contributed by atoms with Crippen LogP contribution in [0.5, 0.6) is 0 Å². The number of halogens is 2.